The molecule has 1 aliphatic rings. The molecule has 104 valence electrons. The maximum atomic E-state index is 11.7. The Bertz CT molecular complexity index is 309. The van der Waals surface area contributed by atoms with Gasteiger partial charge in [0, 0.05) is 12.5 Å². The van der Waals surface area contributed by atoms with Crippen LogP contribution in [0.1, 0.15) is 46.5 Å². The average Bonchev–Trinajstić information content (AvgIpc) is 2.78. The molecule has 1 saturated heterocycles. The molecule has 0 radical (unpaired) electrons. The molecule has 1 rings (SSSR count). The molecule has 0 unspecified atom stereocenters. The van der Waals surface area contributed by atoms with Crippen LogP contribution in [0.4, 0.5) is 0 Å². The van der Waals surface area contributed by atoms with Gasteiger partial charge in [0.25, 0.3) is 0 Å². The van der Waals surface area contributed by atoms with Gasteiger partial charge < -0.3 is 15.3 Å². The van der Waals surface area contributed by atoms with Crippen molar-refractivity contribution in [3.63, 3.8) is 0 Å². The molecular formula is C13H24N2O3. The van der Waals surface area contributed by atoms with Crippen molar-refractivity contribution >= 4 is 11.9 Å². The van der Waals surface area contributed by atoms with Gasteiger partial charge in [-0.3, -0.25) is 4.79 Å². The number of hydrogen-bond donors (Lipinski definition) is 2. The van der Waals surface area contributed by atoms with Gasteiger partial charge in [-0.05, 0) is 53.1 Å². The summed E-state index contributed by atoms with van der Waals surface area (Å²) < 4.78 is 0. The van der Waals surface area contributed by atoms with Crippen LogP contribution in [0.3, 0.4) is 0 Å². The van der Waals surface area contributed by atoms with Gasteiger partial charge >= 0.3 is 5.97 Å². The van der Waals surface area contributed by atoms with Crippen LogP contribution < -0.4 is 5.32 Å². The summed E-state index contributed by atoms with van der Waals surface area (Å²) in [5.41, 5.74) is -1.19. The zero-order chi connectivity index (χ0) is 13.8. The van der Waals surface area contributed by atoms with Crippen molar-refractivity contribution in [2.75, 3.05) is 13.1 Å². The molecule has 0 aromatic heterocycles. The number of carboxylic acid groups (broad SMARTS) is 1. The fraction of sp³-hybridized carbons (Fsp3) is 0.846. The van der Waals surface area contributed by atoms with E-state index >= 15 is 0 Å². The summed E-state index contributed by atoms with van der Waals surface area (Å²) in [6.07, 6.45) is 3.64. The minimum Gasteiger partial charge on any atom is -0.480 e. The number of amides is 1. The number of nitrogens with zero attached hydrogens (tertiary/aromatic N) is 1. The van der Waals surface area contributed by atoms with Crippen molar-refractivity contribution < 1.29 is 14.7 Å². The van der Waals surface area contributed by atoms with E-state index in [1.165, 1.54) is 26.7 Å². The summed E-state index contributed by atoms with van der Waals surface area (Å²) in [5.74, 6) is -1.20. The molecule has 0 bridgehead atoms. The summed E-state index contributed by atoms with van der Waals surface area (Å²) in [4.78, 5) is 25.0. The Morgan fingerprint density at radius 2 is 1.89 bits per heavy atom. The molecule has 0 saturated carbocycles. The number of rotatable bonds is 6. The first kappa shape index (κ1) is 15.0. The van der Waals surface area contributed by atoms with E-state index in [9.17, 15) is 9.59 Å². The number of carboxylic acids is 1. The second-order valence-electron chi connectivity index (χ2n) is 5.61. The summed E-state index contributed by atoms with van der Waals surface area (Å²) >= 11 is 0. The van der Waals surface area contributed by atoms with Crippen molar-refractivity contribution in [2.45, 2.75) is 58.0 Å². The van der Waals surface area contributed by atoms with Crippen molar-refractivity contribution in [3.8, 4) is 0 Å². The van der Waals surface area contributed by atoms with E-state index in [0.717, 1.165) is 19.5 Å². The smallest absolute Gasteiger partial charge is 0.328 e. The van der Waals surface area contributed by atoms with Gasteiger partial charge in [-0.2, -0.15) is 0 Å². The van der Waals surface area contributed by atoms with Crippen molar-refractivity contribution in [1.82, 2.24) is 10.2 Å². The molecule has 0 spiro atoms. The van der Waals surface area contributed by atoms with Crippen molar-refractivity contribution in [2.24, 2.45) is 0 Å². The van der Waals surface area contributed by atoms with E-state index in [-0.39, 0.29) is 5.91 Å². The summed E-state index contributed by atoms with van der Waals surface area (Å²) in [7, 11) is 0. The van der Waals surface area contributed by atoms with E-state index in [0.29, 0.717) is 12.5 Å². The van der Waals surface area contributed by atoms with Crippen LogP contribution in [-0.4, -0.2) is 46.6 Å². The van der Waals surface area contributed by atoms with Crippen molar-refractivity contribution in [1.29, 1.82) is 0 Å². The Hall–Kier alpha value is -1.10. The molecule has 18 heavy (non-hydrogen) atoms. The predicted molar refractivity (Wildman–Crippen MR) is 69.4 cm³/mol. The predicted octanol–water partition coefficient (Wildman–Crippen LogP) is 1.23. The first-order chi connectivity index (χ1) is 8.33. The van der Waals surface area contributed by atoms with Gasteiger partial charge in [0.15, 0.2) is 0 Å². The minimum absolute atomic E-state index is 0.187. The van der Waals surface area contributed by atoms with Gasteiger partial charge in [0.05, 0.1) is 0 Å². The highest BCUT2D eigenvalue weighted by Gasteiger charge is 2.29. The Kier molecular flexibility index (Phi) is 5.14. The van der Waals surface area contributed by atoms with Gasteiger partial charge in [-0.15, -0.1) is 0 Å². The van der Waals surface area contributed by atoms with Gasteiger partial charge in [-0.1, -0.05) is 0 Å². The topological polar surface area (TPSA) is 69.6 Å². The summed E-state index contributed by atoms with van der Waals surface area (Å²) in [6.45, 7) is 7.35. The molecule has 1 fully saturated rings. The lowest BCUT2D eigenvalue weighted by atomic mass is 10.1. The molecule has 0 aromatic carbocycles. The second-order valence-corrected chi connectivity index (χ2v) is 5.61. The van der Waals surface area contributed by atoms with Crippen LogP contribution in [-0.2, 0) is 9.59 Å². The van der Waals surface area contributed by atoms with Gasteiger partial charge in [-0.25, -0.2) is 4.79 Å². The second kappa shape index (κ2) is 6.18. The summed E-state index contributed by atoms with van der Waals surface area (Å²) in [6, 6.07) is 0.395. The van der Waals surface area contributed by atoms with E-state index in [1.54, 1.807) is 0 Å². The van der Waals surface area contributed by atoms with Gasteiger partial charge in [0.1, 0.15) is 5.54 Å². The Labute approximate surface area is 109 Å². The highest BCUT2D eigenvalue weighted by atomic mass is 16.4. The van der Waals surface area contributed by atoms with E-state index in [1.807, 2.05) is 0 Å². The quantitative estimate of drug-likeness (QED) is 0.750. The SMILES string of the molecule is C[C@@H](CCC(=O)NC(C)(C)C(=O)O)N1CCCC1. The van der Waals surface area contributed by atoms with Crippen molar-refractivity contribution in [3.05, 3.63) is 0 Å². The average molecular weight is 256 g/mol. The normalized spacial score (nSPS) is 18.6. The van der Waals surface area contributed by atoms with Crippen LogP contribution >= 0.6 is 0 Å². The molecule has 1 amide bonds. The Morgan fingerprint density at radius 1 is 1.33 bits per heavy atom. The lowest BCUT2D eigenvalue weighted by Crippen LogP contribution is -2.49. The molecule has 5 nitrogen and oxygen atoms in total. The minimum atomic E-state index is -1.19. The molecular weight excluding hydrogens is 232 g/mol. The Balaban J connectivity index is 2.30. The molecule has 0 aliphatic carbocycles. The van der Waals surface area contributed by atoms with Crippen LogP contribution in [0.5, 0.6) is 0 Å². The van der Waals surface area contributed by atoms with E-state index in [2.05, 4.69) is 17.1 Å². The zero-order valence-electron chi connectivity index (χ0n) is 11.5. The third-order valence-electron chi connectivity index (χ3n) is 3.54. The maximum Gasteiger partial charge on any atom is 0.328 e. The van der Waals surface area contributed by atoms with E-state index < -0.39 is 11.5 Å². The zero-order valence-corrected chi connectivity index (χ0v) is 11.5. The van der Waals surface area contributed by atoms with E-state index in [4.69, 9.17) is 5.11 Å². The molecule has 0 aromatic rings. The molecule has 2 N–H and O–H groups in total. The maximum absolute atomic E-state index is 11.7. The van der Waals surface area contributed by atoms with Crippen LogP contribution in [0.25, 0.3) is 0 Å². The lowest BCUT2D eigenvalue weighted by Gasteiger charge is -2.25. The molecule has 1 aliphatic heterocycles. The fourth-order valence-corrected chi connectivity index (χ4v) is 2.17. The van der Waals surface area contributed by atoms with Gasteiger partial charge in [0.2, 0.25) is 5.91 Å². The highest BCUT2D eigenvalue weighted by molar-refractivity contribution is 5.86. The Morgan fingerprint density at radius 3 is 2.39 bits per heavy atom. The lowest BCUT2D eigenvalue weighted by molar-refractivity contribution is -0.146. The third-order valence-corrected chi connectivity index (χ3v) is 3.54. The number of likely N-dealkylation sites (tertiary alicyclic amines) is 1. The van der Waals surface area contributed by atoms with Crippen LogP contribution in [0.15, 0.2) is 0 Å². The molecule has 5 heteroatoms. The number of aliphatic carboxylic acids is 1. The first-order valence-corrected chi connectivity index (χ1v) is 6.61. The largest absolute Gasteiger partial charge is 0.480 e. The first-order valence-electron chi connectivity index (χ1n) is 6.61. The third kappa shape index (κ3) is 4.29. The van der Waals surface area contributed by atoms with Crippen LogP contribution in [0.2, 0.25) is 0 Å². The monoisotopic (exact) mass is 256 g/mol. The number of carbonyl (C=O) groups excluding carboxylic acids is 1. The number of nitrogens with one attached hydrogen (secondary N) is 1. The standard InChI is InChI=1S/C13H24N2O3/c1-10(15-8-4-5-9-15)6-7-11(16)14-13(2,3)12(17)18/h10H,4-9H2,1-3H3,(H,14,16)(H,17,18)/t10-/m0/s1. The molecule has 1 heterocycles. The molecule has 1 atom stereocenters. The number of hydrogen-bond acceptors (Lipinski definition) is 3. The highest BCUT2D eigenvalue weighted by Crippen LogP contribution is 2.15. The van der Waals surface area contributed by atoms with Crippen LogP contribution in [0, 0.1) is 0 Å². The number of carbonyl (C=O) groups is 2. The fourth-order valence-electron chi connectivity index (χ4n) is 2.17. The summed E-state index contributed by atoms with van der Waals surface area (Å²) in [5, 5.41) is 11.5.